The van der Waals surface area contributed by atoms with Crippen molar-refractivity contribution in [3.63, 3.8) is 0 Å². The van der Waals surface area contributed by atoms with Crippen molar-refractivity contribution in [2.45, 2.75) is 52.7 Å². The molecule has 0 unspecified atom stereocenters. The Labute approximate surface area is 118 Å². The number of carbonyl (C=O) groups is 2. The monoisotopic (exact) mass is 294 g/mol. The van der Waals surface area contributed by atoms with E-state index in [9.17, 15) is 9.59 Å². The number of aliphatic carboxylic acids is 1. The van der Waals surface area contributed by atoms with Gasteiger partial charge >= 0.3 is 72.4 Å². The summed E-state index contributed by atoms with van der Waals surface area (Å²) in [6.45, 7) is 11.4. The van der Waals surface area contributed by atoms with Gasteiger partial charge in [-0.3, -0.25) is 9.59 Å². The van der Waals surface area contributed by atoms with Gasteiger partial charge in [0.25, 0.3) is 0 Å². The Morgan fingerprint density at radius 1 is 1.22 bits per heavy atom. The molecule has 0 radical (unpaired) electrons. The first-order valence-electron chi connectivity index (χ1n) is 5.70. The zero-order chi connectivity index (χ0) is 14.6. The van der Waals surface area contributed by atoms with E-state index in [1.54, 1.807) is 0 Å². The van der Waals surface area contributed by atoms with Gasteiger partial charge in [-0.2, -0.15) is 0 Å². The van der Waals surface area contributed by atoms with E-state index in [-0.39, 0.29) is 12.2 Å². The van der Waals surface area contributed by atoms with E-state index >= 15 is 0 Å². The van der Waals surface area contributed by atoms with Gasteiger partial charge in [-0.15, -0.1) is 6.58 Å². The molecule has 0 heterocycles. The molecular weight excluding hydrogens is 272 g/mol. The van der Waals surface area contributed by atoms with Crippen molar-refractivity contribution in [3.05, 3.63) is 12.7 Å². The van der Waals surface area contributed by atoms with Gasteiger partial charge in [-0.05, 0) is 0 Å². The zero-order valence-corrected chi connectivity index (χ0v) is 13.0. The van der Waals surface area contributed by atoms with Crippen LogP contribution in [0.15, 0.2) is 12.7 Å². The number of ketones is 1. The Bertz CT molecular complexity index is 243. The molecule has 0 aromatic heterocycles. The minimum atomic E-state index is -1.08. The van der Waals surface area contributed by atoms with Crippen molar-refractivity contribution in [2.24, 2.45) is 0 Å². The van der Waals surface area contributed by atoms with Gasteiger partial charge in [-0.1, -0.05) is 6.08 Å². The number of rotatable bonds is 8. The molecule has 0 amide bonds. The van der Waals surface area contributed by atoms with Crippen LogP contribution >= 0.6 is 0 Å². The third-order valence-corrected chi connectivity index (χ3v) is 3.06. The summed E-state index contributed by atoms with van der Waals surface area (Å²) in [5, 5.41) is 8.06. The van der Waals surface area contributed by atoms with Crippen LogP contribution in [0.3, 0.4) is 0 Å². The number of carbonyl (C=O) groups excluding carboxylic acids is 1. The van der Waals surface area contributed by atoms with Crippen LogP contribution in [0.5, 0.6) is 0 Å². The van der Waals surface area contributed by atoms with Crippen molar-refractivity contribution in [1.82, 2.24) is 0 Å². The second kappa shape index (κ2) is 13.0. The van der Waals surface area contributed by atoms with Gasteiger partial charge in [0.1, 0.15) is 12.2 Å². The van der Waals surface area contributed by atoms with Crippen molar-refractivity contribution < 1.29 is 41.3 Å². The second-order valence-corrected chi connectivity index (χ2v) is 5.01. The molecule has 0 saturated heterocycles. The van der Waals surface area contributed by atoms with Crippen LogP contribution in [0.4, 0.5) is 0 Å². The quantitative estimate of drug-likeness (QED) is 0.422. The summed E-state index contributed by atoms with van der Waals surface area (Å²) in [5.74, 6) is -1.39. The number of Topliss-reactive ketones (excluding diaryl/α,β-unsaturated/α-hetero) is 1. The fourth-order valence-electron chi connectivity index (χ4n) is 0.622. The summed E-state index contributed by atoms with van der Waals surface area (Å²) in [7, 11) is 0. The van der Waals surface area contributed by atoms with Crippen LogP contribution in [0.1, 0.15) is 40.5 Å². The number of hydrogen-bond acceptors (Lipinski definition) is 4. The Morgan fingerprint density at radius 3 is 1.94 bits per heavy atom. The van der Waals surface area contributed by atoms with Gasteiger partial charge < -0.3 is 5.11 Å². The third-order valence-electron chi connectivity index (χ3n) is 1.29. The standard InChI is InChI=1S/C6H8O3.2C3H7O.Ti/c1-2-3-5(7)4-6(8)9;2*1-3(2)4;/h2H,1,3-4H2,(H,8,9);2*3H,1-2H3;/q;2*-1;+2. The van der Waals surface area contributed by atoms with E-state index in [0.717, 1.165) is 0 Å². The molecule has 0 saturated carbocycles. The average molecular weight is 294 g/mol. The van der Waals surface area contributed by atoms with E-state index in [2.05, 4.69) is 6.58 Å². The normalized spacial score (nSPS) is 9.67. The Kier molecular flexibility index (Phi) is 14.3. The number of hydrogen-bond donors (Lipinski definition) is 1. The first kappa shape index (κ1) is 19.8. The van der Waals surface area contributed by atoms with Crippen LogP contribution in [-0.4, -0.2) is 29.1 Å². The SMILES string of the molecule is C=CCC(=O)CC(=O)O.CC(C)[O][Ti][O]C(C)C. The molecule has 0 aliphatic heterocycles. The molecule has 0 aromatic carbocycles. The summed E-state index contributed by atoms with van der Waals surface area (Å²) in [5.41, 5.74) is 0. The number of carboxylic acids is 1. The summed E-state index contributed by atoms with van der Waals surface area (Å²) in [4.78, 5) is 20.2. The molecule has 0 aromatic rings. The van der Waals surface area contributed by atoms with E-state index < -0.39 is 32.3 Å². The molecule has 18 heavy (non-hydrogen) atoms. The second-order valence-electron chi connectivity index (χ2n) is 4.02. The summed E-state index contributed by atoms with van der Waals surface area (Å²) >= 11 is -0.574. The van der Waals surface area contributed by atoms with Crippen molar-refractivity contribution in [2.75, 3.05) is 0 Å². The van der Waals surface area contributed by atoms with Gasteiger partial charge in [-0.25, -0.2) is 0 Å². The minimum absolute atomic E-state index is 0.145. The molecule has 6 heteroatoms. The number of allylic oxidation sites excluding steroid dienone is 1. The maximum absolute atomic E-state index is 10.4. The van der Waals surface area contributed by atoms with E-state index in [1.807, 2.05) is 27.7 Å². The summed E-state index contributed by atoms with van der Waals surface area (Å²) < 4.78 is 10.5. The van der Waals surface area contributed by atoms with Crippen LogP contribution in [0.2, 0.25) is 0 Å². The van der Waals surface area contributed by atoms with Gasteiger partial charge in [0.15, 0.2) is 0 Å². The first-order chi connectivity index (χ1) is 8.29. The Morgan fingerprint density at radius 2 is 1.67 bits per heavy atom. The topological polar surface area (TPSA) is 72.8 Å². The predicted octanol–water partition coefficient (Wildman–Crippen LogP) is 2.36. The van der Waals surface area contributed by atoms with Crippen molar-refractivity contribution in [3.8, 4) is 0 Å². The van der Waals surface area contributed by atoms with E-state index in [1.165, 1.54) is 6.08 Å². The fraction of sp³-hybridized carbons (Fsp3) is 0.667. The van der Waals surface area contributed by atoms with Crippen molar-refractivity contribution in [1.29, 1.82) is 0 Å². The van der Waals surface area contributed by atoms with Gasteiger partial charge in [0.2, 0.25) is 0 Å². The fourth-order valence-corrected chi connectivity index (χ4v) is 1.31. The Hall–Kier alpha value is -0.486. The molecule has 0 spiro atoms. The van der Waals surface area contributed by atoms with E-state index in [0.29, 0.717) is 12.2 Å². The first-order valence-corrected chi connectivity index (χ1v) is 6.97. The average Bonchev–Trinajstić information content (AvgIpc) is 2.16. The van der Waals surface area contributed by atoms with Gasteiger partial charge in [0.05, 0.1) is 0 Å². The van der Waals surface area contributed by atoms with E-state index in [4.69, 9.17) is 11.7 Å². The molecule has 0 fully saturated rings. The molecule has 0 aliphatic carbocycles. The molecule has 0 bridgehead atoms. The van der Waals surface area contributed by atoms with Gasteiger partial charge in [0, 0.05) is 6.42 Å². The zero-order valence-electron chi connectivity index (χ0n) is 11.4. The van der Waals surface area contributed by atoms with Crippen LogP contribution in [-0.2, 0) is 36.2 Å². The molecule has 0 rings (SSSR count). The molecule has 5 nitrogen and oxygen atoms in total. The summed E-state index contributed by atoms with van der Waals surface area (Å²) in [6, 6.07) is 0. The summed E-state index contributed by atoms with van der Waals surface area (Å²) in [6.07, 6.45) is 1.79. The molecule has 0 atom stereocenters. The predicted molar refractivity (Wildman–Crippen MR) is 64.5 cm³/mol. The maximum atomic E-state index is 10.4. The molecule has 1 N–H and O–H groups in total. The Balaban J connectivity index is 0. The molecule has 104 valence electrons. The third kappa shape index (κ3) is 20.9. The number of carboxylic acid groups (broad SMARTS) is 1. The van der Waals surface area contributed by atoms with Crippen LogP contribution in [0.25, 0.3) is 0 Å². The van der Waals surface area contributed by atoms with Crippen LogP contribution in [0, 0.1) is 0 Å². The van der Waals surface area contributed by atoms with Crippen LogP contribution < -0.4 is 0 Å². The van der Waals surface area contributed by atoms with Crippen molar-refractivity contribution >= 4 is 11.8 Å². The molecule has 0 aliphatic rings. The molecular formula is C12H22O5Ti.